The molecule has 2 heterocycles. The van der Waals surface area contributed by atoms with Crippen molar-refractivity contribution < 1.29 is 0 Å². The van der Waals surface area contributed by atoms with Crippen molar-refractivity contribution in [3.05, 3.63) is 46.8 Å². The summed E-state index contributed by atoms with van der Waals surface area (Å²) in [5.74, 6) is 6.34. The summed E-state index contributed by atoms with van der Waals surface area (Å²) < 4.78 is 0. The summed E-state index contributed by atoms with van der Waals surface area (Å²) in [6.07, 6.45) is 0. The molecule has 0 saturated heterocycles. The van der Waals surface area contributed by atoms with Gasteiger partial charge in [0.05, 0.1) is 5.52 Å². The summed E-state index contributed by atoms with van der Waals surface area (Å²) in [7, 11) is 0. The zero-order valence-corrected chi connectivity index (χ0v) is 11.7. The van der Waals surface area contributed by atoms with Gasteiger partial charge < -0.3 is 5.43 Å². The minimum absolute atomic E-state index is 0.724. The lowest BCUT2D eigenvalue weighted by Gasteiger charge is -2.11. The molecule has 3 N–H and O–H groups in total. The summed E-state index contributed by atoms with van der Waals surface area (Å²) in [6, 6.07) is 10.6. The van der Waals surface area contributed by atoms with Crippen LogP contribution < -0.4 is 11.3 Å². The van der Waals surface area contributed by atoms with Crippen molar-refractivity contribution in [2.45, 2.75) is 13.8 Å². The van der Waals surface area contributed by atoms with E-state index in [-0.39, 0.29) is 0 Å². The zero-order chi connectivity index (χ0) is 13.4. The molecule has 0 radical (unpaired) electrons. The van der Waals surface area contributed by atoms with Crippen molar-refractivity contribution in [3.8, 4) is 10.4 Å². The van der Waals surface area contributed by atoms with E-state index in [0.29, 0.717) is 0 Å². The number of nitrogens with one attached hydrogen (secondary N) is 1. The Bertz CT molecular complexity index is 733. The first-order chi connectivity index (χ1) is 9.19. The number of nitrogens with two attached hydrogens (primary N) is 1. The quantitative estimate of drug-likeness (QED) is 0.548. The lowest BCUT2D eigenvalue weighted by molar-refractivity contribution is 1.25. The number of rotatable bonds is 2. The van der Waals surface area contributed by atoms with Crippen LogP contribution in [0.1, 0.15) is 11.1 Å². The Balaban J connectivity index is 2.33. The second-order valence-electron chi connectivity index (χ2n) is 4.66. The molecule has 0 amide bonds. The molecule has 0 unspecified atom stereocenters. The van der Waals surface area contributed by atoms with Gasteiger partial charge in [0, 0.05) is 15.8 Å². The fraction of sp³-hybridized carbons (Fsp3) is 0.133. The third-order valence-corrected chi connectivity index (χ3v) is 4.08. The monoisotopic (exact) mass is 269 g/mol. The summed E-state index contributed by atoms with van der Waals surface area (Å²) >= 11 is 1.69. The van der Waals surface area contributed by atoms with Gasteiger partial charge in [-0.1, -0.05) is 17.7 Å². The zero-order valence-electron chi connectivity index (χ0n) is 10.9. The Morgan fingerprint density at radius 1 is 1.21 bits per heavy atom. The minimum atomic E-state index is 0.724. The number of thiophene rings is 1. The van der Waals surface area contributed by atoms with Crippen LogP contribution in [0.2, 0.25) is 0 Å². The van der Waals surface area contributed by atoms with Crippen molar-refractivity contribution in [3.63, 3.8) is 0 Å². The van der Waals surface area contributed by atoms with Crippen LogP contribution in [-0.2, 0) is 0 Å². The maximum atomic E-state index is 5.62. The van der Waals surface area contributed by atoms with Crippen LogP contribution >= 0.6 is 11.3 Å². The number of hydrogen-bond acceptors (Lipinski definition) is 4. The number of hydrogen-bond donors (Lipinski definition) is 2. The highest BCUT2D eigenvalue weighted by Crippen LogP contribution is 2.33. The van der Waals surface area contributed by atoms with Gasteiger partial charge in [-0.15, -0.1) is 11.3 Å². The van der Waals surface area contributed by atoms with Crippen molar-refractivity contribution in [1.29, 1.82) is 0 Å². The highest BCUT2D eigenvalue weighted by molar-refractivity contribution is 7.13. The molecule has 3 nitrogen and oxygen atoms in total. The Morgan fingerprint density at radius 2 is 2.05 bits per heavy atom. The van der Waals surface area contributed by atoms with Gasteiger partial charge in [0.25, 0.3) is 0 Å². The molecule has 19 heavy (non-hydrogen) atoms. The molecule has 0 fully saturated rings. The van der Waals surface area contributed by atoms with Crippen molar-refractivity contribution in [1.82, 2.24) is 4.98 Å². The Hall–Kier alpha value is -1.91. The predicted molar refractivity (Wildman–Crippen MR) is 82.3 cm³/mol. The van der Waals surface area contributed by atoms with E-state index in [1.165, 1.54) is 16.0 Å². The fourth-order valence-corrected chi connectivity index (χ4v) is 3.12. The molecule has 0 bridgehead atoms. The number of nitrogens with zero attached hydrogens (tertiary/aromatic N) is 1. The number of aromatic nitrogens is 1. The van der Waals surface area contributed by atoms with Crippen LogP contribution in [0.25, 0.3) is 21.3 Å². The molecule has 0 aliphatic heterocycles. The van der Waals surface area contributed by atoms with E-state index in [4.69, 9.17) is 5.84 Å². The molecular formula is C15H15N3S. The van der Waals surface area contributed by atoms with E-state index in [2.05, 4.69) is 53.9 Å². The van der Waals surface area contributed by atoms with Crippen LogP contribution in [0.15, 0.2) is 35.7 Å². The predicted octanol–water partition coefficient (Wildman–Crippen LogP) is 3.87. The van der Waals surface area contributed by atoms with E-state index in [9.17, 15) is 0 Å². The Kier molecular flexibility index (Phi) is 2.97. The van der Waals surface area contributed by atoms with Gasteiger partial charge in [-0.25, -0.2) is 10.8 Å². The Morgan fingerprint density at radius 3 is 2.74 bits per heavy atom. The number of aryl methyl sites for hydroxylation is 2. The molecule has 0 saturated carbocycles. The van der Waals surface area contributed by atoms with Gasteiger partial charge in [-0.2, -0.15) is 0 Å². The second kappa shape index (κ2) is 4.64. The van der Waals surface area contributed by atoms with Gasteiger partial charge in [0.15, 0.2) is 0 Å². The van der Waals surface area contributed by atoms with Crippen LogP contribution in [0.3, 0.4) is 0 Å². The second-order valence-corrected chi connectivity index (χ2v) is 5.61. The van der Waals surface area contributed by atoms with Crippen LogP contribution in [0.5, 0.6) is 0 Å². The standard InChI is InChI=1S/C15H15N3S/c1-9-6-10(2)14-11(7-9)8-12(15(17-14)18-16)13-4-3-5-19-13/h3-8H,16H2,1-2H3,(H,17,18). The maximum absolute atomic E-state index is 5.62. The number of fused-ring (bicyclic) bond motifs is 1. The first kappa shape index (κ1) is 12.1. The number of hydrazine groups is 1. The van der Waals surface area contributed by atoms with Crippen LogP contribution in [0.4, 0.5) is 5.82 Å². The molecular weight excluding hydrogens is 254 g/mol. The normalized spacial score (nSPS) is 10.9. The van der Waals surface area contributed by atoms with E-state index in [1.807, 2.05) is 6.07 Å². The van der Waals surface area contributed by atoms with E-state index in [1.54, 1.807) is 11.3 Å². The van der Waals surface area contributed by atoms with Crippen LogP contribution in [-0.4, -0.2) is 4.98 Å². The molecule has 3 aromatic rings. The largest absolute Gasteiger partial charge is 0.308 e. The molecule has 0 spiro atoms. The van der Waals surface area contributed by atoms with Crippen molar-refractivity contribution >= 4 is 28.1 Å². The molecule has 0 aliphatic rings. The SMILES string of the molecule is Cc1cc(C)c2nc(NN)c(-c3cccs3)cc2c1. The van der Waals surface area contributed by atoms with E-state index < -0.39 is 0 Å². The minimum Gasteiger partial charge on any atom is -0.308 e. The van der Waals surface area contributed by atoms with Crippen LogP contribution in [0, 0.1) is 13.8 Å². The highest BCUT2D eigenvalue weighted by Gasteiger charge is 2.10. The van der Waals surface area contributed by atoms with Gasteiger partial charge in [-0.05, 0) is 43.0 Å². The highest BCUT2D eigenvalue weighted by atomic mass is 32.1. The molecule has 2 aromatic heterocycles. The summed E-state index contributed by atoms with van der Waals surface area (Å²) in [5.41, 5.74) is 7.18. The number of nitrogen functional groups attached to an aromatic ring is 1. The molecule has 4 heteroatoms. The Labute approximate surface area is 116 Å². The smallest absolute Gasteiger partial charge is 0.149 e. The fourth-order valence-electron chi connectivity index (χ4n) is 2.38. The first-order valence-electron chi connectivity index (χ1n) is 6.11. The van der Waals surface area contributed by atoms with E-state index in [0.717, 1.165) is 22.3 Å². The number of anilines is 1. The van der Waals surface area contributed by atoms with Gasteiger partial charge >= 0.3 is 0 Å². The summed E-state index contributed by atoms with van der Waals surface area (Å²) in [5, 5.41) is 3.21. The lowest BCUT2D eigenvalue weighted by atomic mass is 10.0. The average molecular weight is 269 g/mol. The van der Waals surface area contributed by atoms with E-state index >= 15 is 0 Å². The molecule has 0 atom stereocenters. The molecule has 0 aliphatic carbocycles. The number of benzene rings is 1. The average Bonchev–Trinajstić information content (AvgIpc) is 2.91. The third kappa shape index (κ3) is 2.09. The summed E-state index contributed by atoms with van der Waals surface area (Å²) in [6.45, 7) is 4.18. The maximum Gasteiger partial charge on any atom is 0.149 e. The molecule has 96 valence electrons. The molecule has 1 aromatic carbocycles. The van der Waals surface area contributed by atoms with Gasteiger partial charge in [0.1, 0.15) is 5.82 Å². The lowest BCUT2D eigenvalue weighted by Crippen LogP contribution is -2.10. The van der Waals surface area contributed by atoms with Gasteiger partial charge in [-0.3, -0.25) is 0 Å². The summed E-state index contributed by atoms with van der Waals surface area (Å²) in [4.78, 5) is 5.83. The van der Waals surface area contributed by atoms with Crippen molar-refractivity contribution in [2.75, 3.05) is 5.43 Å². The topological polar surface area (TPSA) is 50.9 Å². The third-order valence-electron chi connectivity index (χ3n) is 3.18. The molecule has 3 rings (SSSR count). The first-order valence-corrected chi connectivity index (χ1v) is 6.99. The number of pyridine rings is 1. The van der Waals surface area contributed by atoms with Gasteiger partial charge in [0.2, 0.25) is 0 Å². The van der Waals surface area contributed by atoms with Crippen molar-refractivity contribution in [2.24, 2.45) is 5.84 Å².